The molecule has 7 heteroatoms. The molecule has 128 valence electrons. The molecule has 2 aliphatic rings. The van der Waals surface area contributed by atoms with Gasteiger partial charge in [-0.2, -0.15) is 0 Å². The van der Waals surface area contributed by atoms with Crippen molar-refractivity contribution in [3.8, 4) is 11.5 Å². The van der Waals surface area contributed by atoms with Crippen LogP contribution in [-0.4, -0.2) is 62.3 Å². The number of nitrogens with one attached hydrogen (secondary N) is 2. The lowest BCUT2D eigenvalue weighted by molar-refractivity contribution is -0.123. The molecule has 2 aliphatic heterocycles. The summed E-state index contributed by atoms with van der Waals surface area (Å²) in [5.74, 6) is 1.54. The minimum absolute atomic E-state index is 0. The Kier molecular flexibility index (Phi) is 6.50. The van der Waals surface area contributed by atoms with E-state index < -0.39 is 0 Å². The van der Waals surface area contributed by atoms with Gasteiger partial charge in [0.1, 0.15) is 12.7 Å². The zero-order chi connectivity index (χ0) is 15.4. The summed E-state index contributed by atoms with van der Waals surface area (Å²) < 4.78 is 11.5. The van der Waals surface area contributed by atoms with E-state index in [9.17, 15) is 4.79 Å². The van der Waals surface area contributed by atoms with Crippen molar-refractivity contribution in [1.82, 2.24) is 15.5 Å². The Balaban J connectivity index is 0.00000192. The number of nitrogens with zero attached hydrogens (tertiary/aromatic N) is 1. The lowest BCUT2D eigenvalue weighted by atomic mass is 10.2. The third-order valence-electron chi connectivity index (χ3n) is 4.08. The second-order valence-electron chi connectivity index (χ2n) is 5.83. The Labute approximate surface area is 142 Å². The first kappa shape index (κ1) is 17.8. The molecule has 1 aromatic rings. The summed E-state index contributed by atoms with van der Waals surface area (Å²) in [6.07, 6.45) is -0.140. The van der Waals surface area contributed by atoms with E-state index in [1.165, 1.54) is 0 Å². The van der Waals surface area contributed by atoms with Crippen molar-refractivity contribution in [3.63, 3.8) is 0 Å². The van der Waals surface area contributed by atoms with Crippen molar-refractivity contribution in [2.24, 2.45) is 0 Å². The summed E-state index contributed by atoms with van der Waals surface area (Å²) in [6, 6.07) is 7.98. The van der Waals surface area contributed by atoms with Crippen molar-refractivity contribution in [1.29, 1.82) is 0 Å². The van der Waals surface area contributed by atoms with Crippen molar-refractivity contribution in [2.45, 2.75) is 19.1 Å². The number of amides is 1. The maximum Gasteiger partial charge on any atom is 0.234 e. The predicted octanol–water partition coefficient (Wildman–Crippen LogP) is 0.658. The molecule has 2 atom stereocenters. The SMILES string of the molecule is C[C@H]1CNCCN1CC(=O)NCC1COc2ccccc2O1.Cl. The summed E-state index contributed by atoms with van der Waals surface area (Å²) >= 11 is 0. The standard InChI is InChI=1S/C16H23N3O3.ClH/c1-12-8-17-6-7-19(12)10-16(20)18-9-13-11-21-14-4-2-3-5-15(14)22-13;/h2-5,12-13,17H,6-11H2,1H3,(H,18,20);1H/t12-,13?;/m0./s1. The summed E-state index contributed by atoms with van der Waals surface area (Å²) in [5.41, 5.74) is 0. The number of hydrogen-bond donors (Lipinski definition) is 2. The van der Waals surface area contributed by atoms with E-state index in [-0.39, 0.29) is 24.4 Å². The first-order valence-electron chi connectivity index (χ1n) is 7.82. The Morgan fingerprint density at radius 3 is 2.96 bits per heavy atom. The van der Waals surface area contributed by atoms with Crippen molar-refractivity contribution in [3.05, 3.63) is 24.3 Å². The molecule has 1 fully saturated rings. The average Bonchev–Trinajstić information content (AvgIpc) is 2.55. The van der Waals surface area contributed by atoms with E-state index in [1.807, 2.05) is 24.3 Å². The number of carbonyl (C=O) groups excluding carboxylic acids is 1. The molecule has 1 amide bonds. The predicted molar refractivity (Wildman–Crippen MR) is 90.5 cm³/mol. The van der Waals surface area contributed by atoms with Crippen molar-refractivity contribution in [2.75, 3.05) is 39.3 Å². The molecule has 3 rings (SSSR count). The third-order valence-corrected chi connectivity index (χ3v) is 4.08. The summed E-state index contributed by atoms with van der Waals surface area (Å²) in [4.78, 5) is 14.3. The van der Waals surface area contributed by atoms with Crippen LogP contribution in [-0.2, 0) is 4.79 Å². The number of para-hydroxylation sites is 2. The van der Waals surface area contributed by atoms with Gasteiger partial charge in [-0.05, 0) is 19.1 Å². The van der Waals surface area contributed by atoms with Crippen LogP contribution in [0.4, 0.5) is 0 Å². The lowest BCUT2D eigenvalue weighted by Crippen LogP contribution is -2.53. The van der Waals surface area contributed by atoms with Crippen LogP contribution in [0.15, 0.2) is 24.3 Å². The zero-order valence-corrected chi connectivity index (χ0v) is 14.1. The molecule has 0 aromatic heterocycles. The lowest BCUT2D eigenvalue weighted by Gasteiger charge is -2.33. The Morgan fingerprint density at radius 2 is 2.17 bits per heavy atom. The van der Waals surface area contributed by atoms with E-state index in [4.69, 9.17) is 9.47 Å². The highest BCUT2D eigenvalue weighted by molar-refractivity contribution is 5.85. The minimum atomic E-state index is -0.140. The van der Waals surface area contributed by atoms with Gasteiger partial charge in [-0.1, -0.05) is 12.1 Å². The monoisotopic (exact) mass is 341 g/mol. The number of halogens is 1. The van der Waals surface area contributed by atoms with Gasteiger partial charge >= 0.3 is 0 Å². The van der Waals surface area contributed by atoms with Crippen LogP contribution in [0.3, 0.4) is 0 Å². The Hall–Kier alpha value is -1.50. The molecular weight excluding hydrogens is 318 g/mol. The zero-order valence-electron chi connectivity index (χ0n) is 13.3. The third kappa shape index (κ3) is 4.73. The van der Waals surface area contributed by atoms with Crippen molar-refractivity contribution < 1.29 is 14.3 Å². The Bertz CT molecular complexity index is 529. The number of carbonyl (C=O) groups is 1. The van der Waals surface area contributed by atoms with E-state index in [0.717, 1.165) is 31.1 Å². The van der Waals surface area contributed by atoms with Gasteiger partial charge in [0.15, 0.2) is 11.5 Å². The van der Waals surface area contributed by atoms with Gasteiger partial charge in [0.05, 0.1) is 13.1 Å². The van der Waals surface area contributed by atoms with E-state index in [1.54, 1.807) is 0 Å². The highest BCUT2D eigenvalue weighted by Crippen LogP contribution is 2.30. The highest BCUT2D eigenvalue weighted by atomic mass is 35.5. The average molecular weight is 342 g/mol. The van der Waals surface area contributed by atoms with Crippen LogP contribution in [0.1, 0.15) is 6.92 Å². The molecule has 0 radical (unpaired) electrons. The molecule has 0 bridgehead atoms. The molecule has 0 aliphatic carbocycles. The van der Waals surface area contributed by atoms with Gasteiger partial charge in [0, 0.05) is 25.7 Å². The van der Waals surface area contributed by atoms with Crippen LogP contribution in [0.2, 0.25) is 0 Å². The fourth-order valence-corrected chi connectivity index (χ4v) is 2.75. The Morgan fingerprint density at radius 1 is 1.39 bits per heavy atom. The number of ether oxygens (including phenoxy) is 2. The minimum Gasteiger partial charge on any atom is -0.486 e. The fraction of sp³-hybridized carbons (Fsp3) is 0.562. The molecule has 0 spiro atoms. The summed E-state index contributed by atoms with van der Waals surface area (Å²) in [6.45, 7) is 6.28. The molecule has 6 nitrogen and oxygen atoms in total. The van der Waals surface area contributed by atoms with Gasteiger partial charge in [-0.3, -0.25) is 9.69 Å². The summed E-state index contributed by atoms with van der Waals surface area (Å²) in [5, 5.41) is 6.27. The number of fused-ring (bicyclic) bond motifs is 1. The van der Waals surface area contributed by atoms with Crippen LogP contribution in [0, 0.1) is 0 Å². The number of piperazine rings is 1. The van der Waals surface area contributed by atoms with Gasteiger partial charge in [0.25, 0.3) is 0 Å². The molecule has 0 saturated carbocycles. The molecule has 23 heavy (non-hydrogen) atoms. The number of hydrogen-bond acceptors (Lipinski definition) is 5. The van der Waals surface area contributed by atoms with Crippen LogP contribution in [0.25, 0.3) is 0 Å². The fourth-order valence-electron chi connectivity index (χ4n) is 2.75. The summed E-state index contributed by atoms with van der Waals surface area (Å²) in [7, 11) is 0. The van der Waals surface area contributed by atoms with E-state index in [0.29, 0.717) is 25.7 Å². The molecule has 2 N–H and O–H groups in total. The van der Waals surface area contributed by atoms with Gasteiger partial charge in [-0.25, -0.2) is 0 Å². The largest absolute Gasteiger partial charge is 0.486 e. The van der Waals surface area contributed by atoms with Crippen LogP contribution >= 0.6 is 12.4 Å². The molecule has 2 heterocycles. The number of rotatable bonds is 4. The molecule has 1 unspecified atom stereocenters. The van der Waals surface area contributed by atoms with Gasteiger partial charge < -0.3 is 20.1 Å². The van der Waals surface area contributed by atoms with Gasteiger partial charge in [-0.15, -0.1) is 12.4 Å². The first-order chi connectivity index (χ1) is 10.7. The van der Waals surface area contributed by atoms with Crippen molar-refractivity contribution >= 4 is 18.3 Å². The topological polar surface area (TPSA) is 62.8 Å². The van der Waals surface area contributed by atoms with Crippen LogP contribution < -0.4 is 20.1 Å². The molecular formula is C16H24ClN3O3. The quantitative estimate of drug-likeness (QED) is 0.842. The molecule has 1 aromatic carbocycles. The highest BCUT2D eigenvalue weighted by Gasteiger charge is 2.23. The van der Waals surface area contributed by atoms with E-state index in [2.05, 4.69) is 22.5 Å². The number of benzene rings is 1. The smallest absolute Gasteiger partial charge is 0.234 e. The normalized spacial score (nSPS) is 23.7. The maximum absolute atomic E-state index is 12.1. The second-order valence-corrected chi connectivity index (χ2v) is 5.83. The molecule has 1 saturated heterocycles. The maximum atomic E-state index is 12.1. The van der Waals surface area contributed by atoms with E-state index >= 15 is 0 Å². The van der Waals surface area contributed by atoms with Crippen LogP contribution in [0.5, 0.6) is 11.5 Å². The second kappa shape index (κ2) is 8.38. The van der Waals surface area contributed by atoms with Gasteiger partial charge in [0.2, 0.25) is 5.91 Å². The first-order valence-corrected chi connectivity index (χ1v) is 7.82.